The highest BCUT2D eigenvalue weighted by atomic mass is 35.5. The minimum Gasteiger partial charge on any atom is -0.374 e. The maximum Gasteiger partial charge on any atom is 0.224 e. The number of amides is 1. The lowest BCUT2D eigenvalue weighted by molar-refractivity contribution is -0.121. The number of rotatable bonds is 4. The van der Waals surface area contributed by atoms with Crippen LogP contribution in [0, 0.1) is 0 Å². The van der Waals surface area contributed by atoms with E-state index in [2.05, 4.69) is 15.5 Å². The van der Waals surface area contributed by atoms with E-state index < -0.39 is 0 Å². The zero-order valence-electron chi connectivity index (χ0n) is 10.3. The van der Waals surface area contributed by atoms with E-state index in [-0.39, 0.29) is 11.9 Å². The number of carbonyl (C=O) groups is 1. The number of halogens is 1. The lowest BCUT2D eigenvalue weighted by Crippen LogP contribution is -2.28. The van der Waals surface area contributed by atoms with Crippen molar-refractivity contribution in [1.29, 1.82) is 0 Å². The predicted octanol–water partition coefficient (Wildman–Crippen LogP) is 2.19. The lowest BCUT2D eigenvalue weighted by Gasteiger charge is -2.10. The molecule has 1 heterocycles. The largest absolute Gasteiger partial charge is 0.374 e. The number of anilines is 1. The Hall–Kier alpha value is -1.66. The Labute approximate surface area is 119 Å². The Bertz CT molecular complexity index is 569. The van der Waals surface area contributed by atoms with Gasteiger partial charge >= 0.3 is 0 Å². The van der Waals surface area contributed by atoms with Crippen LogP contribution < -0.4 is 11.1 Å². The molecule has 1 atom stereocenters. The van der Waals surface area contributed by atoms with Crippen molar-refractivity contribution in [3.63, 3.8) is 0 Å². The zero-order valence-corrected chi connectivity index (χ0v) is 11.8. The SMILES string of the molecule is CC(NC(=O)Cc1ccc(Cl)cc1)c1nnc(N)s1. The van der Waals surface area contributed by atoms with Gasteiger partial charge in [0.05, 0.1) is 12.5 Å². The van der Waals surface area contributed by atoms with E-state index in [1.54, 1.807) is 12.1 Å². The van der Waals surface area contributed by atoms with Gasteiger partial charge in [-0.3, -0.25) is 4.79 Å². The van der Waals surface area contributed by atoms with E-state index in [9.17, 15) is 4.79 Å². The number of hydrogen-bond acceptors (Lipinski definition) is 5. The van der Waals surface area contributed by atoms with Crippen LogP contribution in [0.25, 0.3) is 0 Å². The first-order valence-electron chi connectivity index (χ1n) is 5.67. The molecule has 2 rings (SSSR count). The molecule has 0 aliphatic rings. The van der Waals surface area contributed by atoms with Gasteiger partial charge in [0.15, 0.2) is 0 Å². The van der Waals surface area contributed by atoms with Crippen LogP contribution >= 0.6 is 22.9 Å². The van der Waals surface area contributed by atoms with Crippen molar-refractivity contribution in [2.75, 3.05) is 5.73 Å². The molecule has 1 aromatic heterocycles. The van der Waals surface area contributed by atoms with E-state index in [4.69, 9.17) is 17.3 Å². The summed E-state index contributed by atoms with van der Waals surface area (Å²) in [5.74, 6) is -0.0800. The van der Waals surface area contributed by atoms with Crippen molar-refractivity contribution in [3.05, 3.63) is 39.9 Å². The highest BCUT2D eigenvalue weighted by Crippen LogP contribution is 2.19. The topological polar surface area (TPSA) is 80.9 Å². The maximum absolute atomic E-state index is 11.9. The molecule has 19 heavy (non-hydrogen) atoms. The quantitative estimate of drug-likeness (QED) is 0.906. The van der Waals surface area contributed by atoms with Crippen LogP contribution in [0.2, 0.25) is 5.02 Å². The molecule has 0 spiro atoms. The zero-order chi connectivity index (χ0) is 13.8. The second-order valence-electron chi connectivity index (χ2n) is 4.07. The highest BCUT2D eigenvalue weighted by molar-refractivity contribution is 7.15. The van der Waals surface area contributed by atoms with Crippen LogP contribution in [0.4, 0.5) is 5.13 Å². The first-order chi connectivity index (χ1) is 9.04. The smallest absolute Gasteiger partial charge is 0.224 e. The van der Waals surface area contributed by atoms with E-state index >= 15 is 0 Å². The van der Waals surface area contributed by atoms with Gasteiger partial charge in [0.25, 0.3) is 0 Å². The van der Waals surface area contributed by atoms with E-state index in [0.717, 1.165) is 5.56 Å². The summed E-state index contributed by atoms with van der Waals surface area (Å²) >= 11 is 7.06. The molecule has 3 N–H and O–H groups in total. The van der Waals surface area contributed by atoms with Gasteiger partial charge in [-0.1, -0.05) is 35.1 Å². The monoisotopic (exact) mass is 296 g/mol. The molecular weight excluding hydrogens is 284 g/mol. The van der Waals surface area contributed by atoms with E-state index in [1.807, 2.05) is 19.1 Å². The molecule has 1 aromatic carbocycles. The fourth-order valence-electron chi connectivity index (χ4n) is 1.56. The molecule has 7 heteroatoms. The molecule has 0 aliphatic carbocycles. The van der Waals surface area contributed by atoms with Crippen LogP contribution in [0.1, 0.15) is 23.5 Å². The number of nitrogens with two attached hydrogens (primary N) is 1. The number of carbonyl (C=O) groups excluding carboxylic acids is 1. The third-order valence-electron chi connectivity index (χ3n) is 2.48. The third kappa shape index (κ3) is 3.90. The second-order valence-corrected chi connectivity index (χ2v) is 5.55. The average Bonchev–Trinajstić information content (AvgIpc) is 2.79. The fraction of sp³-hybridized carbons (Fsp3) is 0.250. The number of benzene rings is 1. The van der Waals surface area contributed by atoms with Gasteiger partial charge in [0.2, 0.25) is 11.0 Å². The predicted molar refractivity (Wildman–Crippen MR) is 76.0 cm³/mol. The molecule has 0 saturated carbocycles. The van der Waals surface area contributed by atoms with Gasteiger partial charge in [-0.05, 0) is 24.6 Å². The summed E-state index contributed by atoms with van der Waals surface area (Å²) in [6.45, 7) is 1.85. The molecular formula is C12H13ClN4OS. The van der Waals surface area contributed by atoms with Crippen LogP contribution in [0.5, 0.6) is 0 Å². The number of nitrogens with one attached hydrogen (secondary N) is 1. The summed E-state index contributed by atoms with van der Waals surface area (Å²) in [5, 5.41) is 12.2. The minimum absolute atomic E-state index is 0.0800. The molecule has 0 saturated heterocycles. The van der Waals surface area contributed by atoms with Crippen LogP contribution in [-0.4, -0.2) is 16.1 Å². The van der Waals surface area contributed by atoms with Crippen LogP contribution in [-0.2, 0) is 11.2 Å². The Morgan fingerprint density at radius 3 is 2.68 bits per heavy atom. The molecule has 1 amide bonds. The van der Waals surface area contributed by atoms with Crippen molar-refractivity contribution >= 4 is 34.0 Å². The van der Waals surface area contributed by atoms with Gasteiger partial charge in [-0.15, -0.1) is 10.2 Å². The summed E-state index contributed by atoms with van der Waals surface area (Å²) < 4.78 is 0. The summed E-state index contributed by atoms with van der Waals surface area (Å²) in [4.78, 5) is 11.9. The molecule has 0 fully saturated rings. The normalized spacial score (nSPS) is 12.1. The summed E-state index contributed by atoms with van der Waals surface area (Å²) in [7, 11) is 0. The first kappa shape index (κ1) is 13.8. The van der Waals surface area contributed by atoms with Crippen molar-refractivity contribution in [2.45, 2.75) is 19.4 Å². The molecule has 0 radical (unpaired) electrons. The molecule has 100 valence electrons. The Morgan fingerprint density at radius 1 is 1.42 bits per heavy atom. The first-order valence-corrected chi connectivity index (χ1v) is 6.86. The van der Waals surface area contributed by atoms with Gasteiger partial charge in [-0.25, -0.2) is 0 Å². The number of nitrogens with zero attached hydrogens (tertiary/aromatic N) is 2. The molecule has 5 nitrogen and oxygen atoms in total. The lowest BCUT2D eigenvalue weighted by atomic mass is 10.1. The molecule has 2 aromatic rings. The average molecular weight is 297 g/mol. The van der Waals surface area contributed by atoms with Gasteiger partial charge in [0, 0.05) is 5.02 Å². The van der Waals surface area contributed by atoms with Crippen molar-refractivity contribution in [1.82, 2.24) is 15.5 Å². The second kappa shape index (κ2) is 5.99. The number of aromatic nitrogens is 2. The summed E-state index contributed by atoms with van der Waals surface area (Å²) in [5.41, 5.74) is 6.41. The van der Waals surface area contributed by atoms with Crippen LogP contribution in [0.15, 0.2) is 24.3 Å². The molecule has 0 bridgehead atoms. The summed E-state index contributed by atoms with van der Waals surface area (Å²) in [6.07, 6.45) is 0.301. The standard InChI is InChI=1S/C12H13ClN4OS/c1-7(11-16-17-12(14)19-11)15-10(18)6-8-2-4-9(13)5-3-8/h2-5,7H,6H2,1H3,(H2,14,17)(H,15,18). The molecule has 1 unspecified atom stereocenters. The van der Waals surface area contributed by atoms with E-state index in [0.29, 0.717) is 21.6 Å². The molecule has 0 aliphatic heterocycles. The maximum atomic E-state index is 11.9. The third-order valence-corrected chi connectivity index (χ3v) is 3.67. The van der Waals surface area contributed by atoms with Gasteiger partial charge in [0.1, 0.15) is 5.01 Å². The van der Waals surface area contributed by atoms with Crippen molar-refractivity contribution in [3.8, 4) is 0 Å². The Morgan fingerprint density at radius 2 is 2.11 bits per heavy atom. The number of hydrogen-bond donors (Lipinski definition) is 2. The van der Waals surface area contributed by atoms with Crippen molar-refractivity contribution < 1.29 is 4.79 Å². The minimum atomic E-state index is -0.199. The van der Waals surface area contributed by atoms with Gasteiger partial charge in [-0.2, -0.15) is 0 Å². The van der Waals surface area contributed by atoms with Gasteiger partial charge < -0.3 is 11.1 Å². The Balaban J connectivity index is 1.92. The summed E-state index contributed by atoms with van der Waals surface area (Å²) in [6, 6.07) is 6.98. The number of nitrogen functional groups attached to an aromatic ring is 1. The Kier molecular flexibility index (Phi) is 4.34. The highest BCUT2D eigenvalue weighted by Gasteiger charge is 2.14. The van der Waals surface area contributed by atoms with Crippen LogP contribution in [0.3, 0.4) is 0 Å². The fourth-order valence-corrected chi connectivity index (χ4v) is 2.30. The van der Waals surface area contributed by atoms with Crippen molar-refractivity contribution in [2.24, 2.45) is 0 Å². The van der Waals surface area contributed by atoms with E-state index in [1.165, 1.54) is 11.3 Å².